The van der Waals surface area contributed by atoms with Crippen LogP contribution in [0.25, 0.3) is 71.3 Å². The molecule has 4 heterocycles. The van der Waals surface area contributed by atoms with Crippen molar-refractivity contribution < 1.29 is 4.42 Å². The van der Waals surface area contributed by atoms with Gasteiger partial charge in [-0.2, -0.15) is 0 Å². The molecule has 4 nitrogen and oxygen atoms in total. The van der Waals surface area contributed by atoms with Crippen LogP contribution < -0.4 is 0 Å². The quantitative estimate of drug-likeness (QED) is 0.247. The molecule has 36 heavy (non-hydrogen) atoms. The molecule has 1 atom stereocenters. The van der Waals surface area contributed by atoms with Crippen LogP contribution in [0.4, 0.5) is 0 Å². The van der Waals surface area contributed by atoms with Gasteiger partial charge in [-0.25, -0.2) is 9.97 Å². The lowest BCUT2D eigenvalue weighted by Crippen LogP contribution is -1.97. The van der Waals surface area contributed by atoms with Crippen molar-refractivity contribution in [2.75, 3.05) is 0 Å². The van der Waals surface area contributed by atoms with Gasteiger partial charge in [0.15, 0.2) is 5.65 Å². The first-order valence-corrected chi connectivity index (χ1v) is 12.4. The van der Waals surface area contributed by atoms with E-state index in [0.29, 0.717) is 5.92 Å². The highest BCUT2D eigenvalue weighted by atomic mass is 16.3. The third-order valence-corrected chi connectivity index (χ3v) is 7.84. The van der Waals surface area contributed by atoms with Crippen LogP contribution in [0, 0.1) is 0 Å². The summed E-state index contributed by atoms with van der Waals surface area (Å²) in [4.78, 5) is 10.3. The van der Waals surface area contributed by atoms with E-state index in [1.54, 1.807) is 0 Å². The molecule has 1 aliphatic rings. The Kier molecular flexibility index (Phi) is 3.36. The summed E-state index contributed by atoms with van der Waals surface area (Å²) in [6, 6.07) is 25.6. The Hall–Kier alpha value is -4.70. The van der Waals surface area contributed by atoms with Crippen LogP contribution in [0.2, 0.25) is 0 Å². The number of aromatic nitrogens is 3. The minimum atomic E-state index is 0.382. The number of furan rings is 1. The first kappa shape index (κ1) is 18.6. The van der Waals surface area contributed by atoms with Gasteiger partial charge >= 0.3 is 0 Å². The number of rotatable bonds is 1. The van der Waals surface area contributed by atoms with E-state index in [4.69, 9.17) is 14.4 Å². The van der Waals surface area contributed by atoms with Gasteiger partial charge in [-0.05, 0) is 42.3 Å². The normalized spacial score (nSPS) is 16.3. The lowest BCUT2D eigenvalue weighted by atomic mass is 9.92. The Bertz CT molecular complexity index is 2250. The van der Waals surface area contributed by atoms with Crippen molar-refractivity contribution in [2.24, 2.45) is 0 Å². The fourth-order valence-corrected chi connectivity index (χ4v) is 6.20. The molecule has 168 valence electrons. The number of benzene rings is 4. The van der Waals surface area contributed by atoms with Crippen LogP contribution in [0.3, 0.4) is 0 Å². The molecule has 0 bridgehead atoms. The average molecular weight is 462 g/mol. The summed E-state index contributed by atoms with van der Waals surface area (Å²) in [7, 11) is 0. The molecular formula is C32H19N3O. The third-order valence-electron chi connectivity index (χ3n) is 7.84. The van der Waals surface area contributed by atoms with E-state index in [9.17, 15) is 0 Å². The number of nitrogens with zero attached hydrogens (tertiary/aromatic N) is 3. The molecule has 0 fully saturated rings. The Morgan fingerprint density at radius 2 is 1.69 bits per heavy atom. The monoisotopic (exact) mass is 461 g/mol. The molecule has 0 saturated heterocycles. The van der Waals surface area contributed by atoms with Crippen LogP contribution in [0.15, 0.2) is 102 Å². The summed E-state index contributed by atoms with van der Waals surface area (Å²) in [5.41, 5.74) is 9.10. The van der Waals surface area contributed by atoms with E-state index in [0.717, 1.165) is 72.4 Å². The minimum Gasteiger partial charge on any atom is -0.455 e. The van der Waals surface area contributed by atoms with Gasteiger partial charge in [0.25, 0.3) is 0 Å². The fourth-order valence-electron chi connectivity index (χ4n) is 6.20. The predicted molar refractivity (Wildman–Crippen MR) is 147 cm³/mol. The highest BCUT2D eigenvalue weighted by Gasteiger charge is 2.23. The zero-order valence-electron chi connectivity index (χ0n) is 19.3. The van der Waals surface area contributed by atoms with Crippen molar-refractivity contribution in [2.45, 2.75) is 12.3 Å². The van der Waals surface area contributed by atoms with Gasteiger partial charge in [-0.15, -0.1) is 0 Å². The molecule has 4 aromatic heterocycles. The summed E-state index contributed by atoms with van der Waals surface area (Å²) in [5, 5.41) is 5.74. The van der Waals surface area contributed by atoms with Crippen LogP contribution in [0.5, 0.6) is 0 Å². The largest absolute Gasteiger partial charge is 0.455 e. The second-order valence-corrected chi connectivity index (χ2v) is 9.77. The van der Waals surface area contributed by atoms with Crippen LogP contribution in [-0.4, -0.2) is 14.4 Å². The van der Waals surface area contributed by atoms with Gasteiger partial charge in [0.2, 0.25) is 0 Å². The van der Waals surface area contributed by atoms with Crippen molar-refractivity contribution in [3.05, 3.63) is 103 Å². The van der Waals surface area contributed by atoms with E-state index in [1.807, 2.05) is 12.1 Å². The van der Waals surface area contributed by atoms with E-state index in [1.165, 1.54) is 10.9 Å². The first-order chi connectivity index (χ1) is 17.8. The summed E-state index contributed by atoms with van der Waals surface area (Å²) in [6.45, 7) is 0. The molecule has 0 radical (unpaired) electrons. The zero-order chi connectivity index (χ0) is 23.4. The van der Waals surface area contributed by atoms with Crippen molar-refractivity contribution in [3.63, 3.8) is 0 Å². The Morgan fingerprint density at radius 3 is 2.64 bits per heavy atom. The van der Waals surface area contributed by atoms with E-state index in [2.05, 4.69) is 89.4 Å². The molecule has 1 unspecified atom stereocenters. The van der Waals surface area contributed by atoms with Crippen molar-refractivity contribution in [1.29, 1.82) is 0 Å². The van der Waals surface area contributed by atoms with E-state index < -0.39 is 0 Å². The first-order valence-electron chi connectivity index (χ1n) is 12.4. The van der Waals surface area contributed by atoms with Gasteiger partial charge in [0.1, 0.15) is 16.7 Å². The summed E-state index contributed by atoms with van der Waals surface area (Å²) < 4.78 is 8.71. The molecule has 0 N–H and O–H groups in total. The van der Waals surface area contributed by atoms with Crippen molar-refractivity contribution in [1.82, 2.24) is 14.4 Å². The second-order valence-electron chi connectivity index (χ2n) is 9.77. The lowest BCUT2D eigenvalue weighted by Gasteiger charge is -2.13. The highest BCUT2D eigenvalue weighted by Crippen LogP contribution is 2.43. The molecule has 4 aromatic carbocycles. The van der Waals surface area contributed by atoms with Gasteiger partial charge < -0.3 is 4.42 Å². The Balaban J connectivity index is 1.42. The number of para-hydroxylation sites is 2. The SMILES string of the molecule is C1=CCC(c2ccc3nc4c5cccc6c7c8oc9ccccc9c8ccc7n(c4nc3c2)c56)C=C1. The molecule has 0 spiro atoms. The zero-order valence-corrected chi connectivity index (χ0v) is 19.3. The van der Waals surface area contributed by atoms with Crippen LogP contribution in [-0.2, 0) is 0 Å². The predicted octanol–water partition coefficient (Wildman–Crippen LogP) is 8.28. The molecule has 0 saturated carbocycles. The summed E-state index contributed by atoms with van der Waals surface area (Å²) in [5.74, 6) is 0.382. The Labute approximate surface area is 205 Å². The maximum atomic E-state index is 6.43. The number of hydrogen-bond acceptors (Lipinski definition) is 3. The molecule has 8 aromatic rings. The summed E-state index contributed by atoms with van der Waals surface area (Å²) in [6.07, 6.45) is 9.75. The van der Waals surface area contributed by atoms with Crippen molar-refractivity contribution >= 4 is 71.3 Å². The summed E-state index contributed by atoms with van der Waals surface area (Å²) >= 11 is 0. The molecule has 0 aliphatic heterocycles. The topological polar surface area (TPSA) is 43.3 Å². The van der Waals surface area contributed by atoms with Gasteiger partial charge in [0, 0.05) is 27.5 Å². The van der Waals surface area contributed by atoms with Crippen LogP contribution in [0.1, 0.15) is 17.9 Å². The minimum absolute atomic E-state index is 0.382. The lowest BCUT2D eigenvalue weighted by molar-refractivity contribution is 0.673. The Morgan fingerprint density at radius 1 is 0.778 bits per heavy atom. The maximum absolute atomic E-state index is 6.43. The second kappa shape index (κ2) is 6.49. The molecule has 9 rings (SSSR count). The molecule has 4 heteroatoms. The number of fused-ring (bicyclic) bond motifs is 11. The smallest absolute Gasteiger partial charge is 0.165 e. The molecular weight excluding hydrogens is 442 g/mol. The van der Waals surface area contributed by atoms with Gasteiger partial charge in [-0.3, -0.25) is 4.40 Å². The average Bonchev–Trinajstić information content (AvgIpc) is 3.58. The van der Waals surface area contributed by atoms with E-state index >= 15 is 0 Å². The molecule has 0 amide bonds. The van der Waals surface area contributed by atoms with Crippen LogP contribution >= 0.6 is 0 Å². The van der Waals surface area contributed by atoms with E-state index in [-0.39, 0.29) is 0 Å². The highest BCUT2D eigenvalue weighted by molar-refractivity contribution is 6.29. The maximum Gasteiger partial charge on any atom is 0.165 e. The molecule has 1 aliphatic carbocycles. The fraction of sp³-hybridized carbons (Fsp3) is 0.0625. The standard InChI is InChI=1S/C32H19N3O/c1-2-7-18(8-3-1)19-13-15-24-25(17-19)34-32-29(33-24)23-11-6-10-22-28-26(35(32)30(22)23)16-14-21-20-9-4-5-12-27(20)36-31(21)28/h1-7,9-18H,8H2. The number of hydrogen-bond donors (Lipinski definition) is 0. The number of allylic oxidation sites excluding steroid dienone is 4. The van der Waals surface area contributed by atoms with Gasteiger partial charge in [0.05, 0.1) is 27.5 Å². The van der Waals surface area contributed by atoms with Crippen molar-refractivity contribution in [3.8, 4) is 0 Å². The van der Waals surface area contributed by atoms with Gasteiger partial charge in [-0.1, -0.05) is 66.8 Å². The third kappa shape index (κ3) is 2.24.